The Bertz CT molecular complexity index is 281. The molecule has 3 N–H and O–H groups in total. The molecule has 166 valence electrons. The number of esters is 1. The molecule has 0 aliphatic carbocycles. The highest BCUT2D eigenvalue weighted by Gasteiger charge is 2.07. The Kier molecular flexibility index (Phi) is 32.7. The lowest BCUT2D eigenvalue weighted by molar-refractivity contribution is -0.147. The van der Waals surface area contributed by atoms with Crippen LogP contribution in [0.25, 0.3) is 0 Å². The molecule has 0 rings (SSSR count). The van der Waals surface area contributed by atoms with E-state index in [1.165, 1.54) is 70.6 Å². The van der Waals surface area contributed by atoms with E-state index < -0.39 is 6.10 Å². The van der Waals surface area contributed by atoms with Gasteiger partial charge in [0.1, 0.15) is 12.7 Å². The van der Waals surface area contributed by atoms with Crippen LogP contribution in [-0.2, 0) is 9.53 Å². The summed E-state index contributed by atoms with van der Waals surface area (Å²) in [6, 6.07) is 0. The first-order valence-electron chi connectivity index (χ1n) is 10.6. The first kappa shape index (κ1) is 31.5. The second-order valence-corrected chi connectivity index (χ2v) is 7.01. The smallest absolute Gasteiger partial charge is 0.305 e. The van der Waals surface area contributed by atoms with Gasteiger partial charge in [0.05, 0.1) is 6.61 Å². The SMILES string of the molecule is Br.CCCCCCCCCCCCCCCC(=O)OCC(O)CO.CNC. The predicted octanol–water partition coefficient (Wildman–Crippen LogP) is 4.78. The molecule has 0 saturated heterocycles. The van der Waals surface area contributed by atoms with E-state index in [0.717, 1.165) is 12.8 Å². The van der Waals surface area contributed by atoms with Gasteiger partial charge in [-0.1, -0.05) is 84.0 Å². The number of carbonyl (C=O) groups excluding carboxylic acids is 1. The molecule has 5 nitrogen and oxygen atoms in total. The number of carbonyl (C=O) groups is 1. The van der Waals surface area contributed by atoms with Crippen molar-refractivity contribution in [2.75, 3.05) is 27.3 Å². The van der Waals surface area contributed by atoms with Gasteiger partial charge < -0.3 is 20.3 Å². The van der Waals surface area contributed by atoms with Gasteiger partial charge in [-0.2, -0.15) is 0 Å². The Morgan fingerprint density at radius 1 is 0.852 bits per heavy atom. The fourth-order valence-corrected chi connectivity index (χ4v) is 2.60. The molecule has 0 fully saturated rings. The summed E-state index contributed by atoms with van der Waals surface area (Å²) in [6.45, 7) is 1.78. The van der Waals surface area contributed by atoms with Gasteiger partial charge in [0.15, 0.2) is 0 Å². The summed E-state index contributed by atoms with van der Waals surface area (Å²) < 4.78 is 4.85. The van der Waals surface area contributed by atoms with Gasteiger partial charge in [-0.05, 0) is 20.5 Å². The molecule has 1 atom stereocenters. The lowest BCUT2D eigenvalue weighted by atomic mass is 10.0. The normalized spacial score (nSPS) is 11.1. The van der Waals surface area contributed by atoms with Crippen molar-refractivity contribution >= 4 is 23.0 Å². The maximum atomic E-state index is 11.3. The lowest BCUT2D eigenvalue weighted by Gasteiger charge is -2.08. The number of nitrogens with one attached hydrogen (secondary N) is 1. The maximum absolute atomic E-state index is 11.3. The van der Waals surface area contributed by atoms with Gasteiger partial charge >= 0.3 is 5.97 Å². The number of ether oxygens (including phenoxy) is 1. The molecule has 0 amide bonds. The third kappa shape index (κ3) is 30.8. The highest BCUT2D eigenvalue weighted by Crippen LogP contribution is 2.13. The summed E-state index contributed by atoms with van der Waals surface area (Å²) in [5.41, 5.74) is 0. The fourth-order valence-electron chi connectivity index (χ4n) is 2.60. The van der Waals surface area contributed by atoms with Crippen LogP contribution in [-0.4, -0.2) is 49.6 Å². The van der Waals surface area contributed by atoms with Crippen LogP contribution in [0, 0.1) is 0 Å². The molecule has 0 radical (unpaired) electrons. The van der Waals surface area contributed by atoms with Crippen molar-refractivity contribution in [3.8, 4) is 0 Å². The molecule has 27 heavy (non-hydrogen) atoms. The molecular weight excluding hydrogens is 410 g/mol. The largest absolute Gasteiger partial charge is 0.463 e. The van der Waals surface area contributed by atoms with Gasteiger partial charge in [0, 0.05) is 6.42 Å². The van der Waals surface area contributed by atoms with Crippen molar-refractivity contribution in [1.29, 1.82) is 0 Å². The molecular formula is C21H46BrNO4. The molecule has 0 aromatic heterocycles. The summed E-state index contributed by atoms with van der Waals surface area (Å²) in [5.74, 6) is -0.277. The zero-order valence-corrected chi connectivity index (χ0v) is 19.7. The minimum absolute atomic E-state index is 0. The Hall–Kier alpha value is -0.170. The van der Waals surface area contributed by atoms with Crippen LogP contribution in [0.4, 0.5) is 0 Å². The van der Waals surface area contributed by atoms with Gasteiger partial charge in [0.2, 0.25) is 0 Å². The standard InChI is InChI=1S/C19H38O4.C2H7N.BrH/c1-2-3-4-5-6-7-8-9-10-11-12-13-14-15-19(22)23-17-18(21)16-20;1-3-2;/h18,20-21H,2-17H2,1H3;3H,1-2H3;1H. The third-order valence-electron chi connectivity index (χ3n) is 4.13. The van der Waals surface area contributed by atoms with E-state index in [-0.39, 0.29) is 36.2 Å². The van der Waals surface area contributed by atoms with Crippen LogP contribution in [0.5, 0.6) is 0 Å². The topological polar surface area (TPSA) is 78.8 Å². The number of aliphatic hydroxyl groups excluding tert-OH is 2. The number of rotatable bonds is 17. The minimum Gasteiger partial charge on any atom is -0.463 e. The van der Waals surface area contributed by atoms with E-state index >= 15 is 0 Å². The van der Waals surface area contributed by atoms with Crippen molar-refractivity contribution in [2.45, 2.75) is 103 Å². The molecule has 1 unspecified atom stereocenters. The van der Waals surface area contributed by atoms with Crippen LogP contribution < -0.4 is 5.32 Å². The average molecular weight is 457 g/mol. The second kappa shape index (κ2) is 28.0. The highest BCUT2D eigenvalue weighted by molar-refractivity contribution is 8.93. The van der Waals surface area contributed by atoms with Crippen LogP contribution in [0.1, 0.15) is 96.8 Å². The van der Waals surface area contributed by atoms with Gasteiger partial charge in [-0.3, -0.25) is 4.79 Å². The molecule has 0 aliphatic rings. The summed E-state index contributed by atoms with van der Waals surface area (Å²) in [7, 11) is 3.75. The zero-order valence-electron chi connectivity index (χ0n) is 18.0. The van der Waals surface area contributed by atoms with Crippen molar-refractivity contribution in [2.24, 2.45) is 0 Å². The number of hydrogen-bond acceptors (Lipinski definition) is 5. The van der Waals surface area contributed by atoms with Crippen LogP contribution in [0.2, 0.25) is 0 Å². The number of hydrogen-bond donors (Lipinski definition) is 3. The average Bonchev–Trinajstić information content (AvgIpc) is 2.64. The van der Waals surface area contributed by atoms with Gasteiger partial charge in [-0.15, -0.1) is 17.0 Å². The van der Waals surface area contributed by atoms with E-state index in [2.05, 4.69) is 12.2 Å². The Morgan fingerprint density at radius 3 is 1.59 bits per heavy atom. The highest BCUT2D eigenvalue weighted by atomic mass is 79.9. The van der Waals surface area contributed by atoms with Crippen LogP contribution in [0.3, 0.4) is 0 Å². The molecule has 6 heteroatoms. The molecule has 0 aliphatic heterocycles. The Balaban J connectivity index is -0.00000134. The molecule has 0 aromatic rings. The zero-order chi connectivity index (χ0) is 19.9. The van der Waals surface area contributed by atoms with Gasteiger partial charge in [-0.25, -0.2) is 0 Å². The maximum Gasteiger partial charge on any atom is 0.305 e. The number of unbranched alkanes of at least 4 members (excludes halogenated alkanes) is 12. The summed E-state index contributed by atoms with van der Waals surface area (Å²) >= 11 is 0. The monoisotopic (exact) mass is 455 g/mol. The van der Waals surface area contributed by atoms with E-state index in [1.54, 1.807) is 0 Å². The lowest BCUT2D eigenvalue weighted by Crippen LogP contribution is -2.21. The first-order valence-corrected chi connectivity index (χ1v) is 10.6. The van der Waals surface area contributed by atoms with Crippen molar-refractivity contribution in [3.63, 3.8) is 0 Å². The summed E-state index contributed by atoms with van der Waals surface area (Å²) in [6.07, 6.45) is 16.1. The van der Waals surface area contributed by atoms with E-state index in [9.17, 15) is 4.79 Å². The molecule has 0 heterocycles. The van der Waals surface area contributed by atoms with Crippen molar-refractivity contribution in [3.05, 3.63) is 0 Å². The summed E-state index contributed by atoms with van der Waals surface area (Å²) in [5, 5.41) is 20.4. The van der Waals surface area contributed by atoms with E-state index in [4.69, 9.17) is 14.9 Å². The number of halogens is 1. The first-order chi connectivity index (χ1) is 12.6. The van der Waals surface area contributed by atoms with E-state index in [0.29, 0.717) is 6.42 Å². The van der Waals surface area contributed by atoms with E-state index in [1.807, 2.05) is 14.1 Å². The minimum atomic E-state index is -0.953. The second-order valence-electron chi connectivity index (χ2n) is 7.01. The Morgan fingerprint density at radius 2 is 1.22 bits per heavy atom. The third-order valence-corrected chi connectivity index (χ3v) is 4.13. The van der Waals surface area contributed by atoms with Crippen molar-refractivity contribution in [1.82, 2.24) is 5.32 Å². The fraction of sp³-hybridized carbons (Fsp3) is 0.952. The molecule has 0 bridgehead atoms. The van der Waals surface area contributed by atoms with Crippen LogP contribution in [0.15, 0.2) is 0 Å². The number of aliphatic hydroxyl groups is 2. The molecule has 0 aromatic carbocycles. The summed E-state index contributed by atoms with van der Waals surface area (Å²) in [4.78, 5) is 11.3. The van der Waals surface area contributed by atoms with Gasteiger partial charge in [0.25, 0.3) is 0 Å². The predicted molar refractivity (Wildman–Crippen MR) is 120 cm³/mol. The van der Waals surface area contributed by atoms with Crippen molar-refractivity contribution < 1.29 is 19.7 Å². The Labute approximate surface area is 178 Å². The molecule has 0 spiro atoms. The quantitative estimate of drug-likeness (QED) is 0.217. The molecule has 0 saturated carbocycles. The van der Waals surface area contributed by atoms with Crippen LogP contribution >= 0.6 is 17.0 Å².